The van der Waals surface area contributed by atoms with Crippen molar-refractivity contribution in [1.29, 1.82) is 0 Å². The molecule has 1 aromatic carbocycles. The number of carbonyl (C=O) groups is 1. The average Bonchev–Trinajstić information content (AvgIpc) is 2.73. The molecular weight excluding hydrogens is 274 g/mol. The van der Waals surface area contributed by atoms with Crippen LogP contribution in [0.4, 0.5) is 0 Å². The molecule has 5 heteroatoms. The van der Waals surface area contributed by atoms with Crippen molar-refractivity contribution in [3.8, 4) is 0 Å². The Balaban J connectivity index is 2.09. The fourth-order valence-electron chi connectivity index (χ4n) is 2.73. The Morgan fingerprint density at radius 2 is 2.05 bits per heavy atom. The average molecular weight is 295 g/mol. The Bertz CT molecular complexity index is 595. The maximum absolute atomic E-state index is 12.4. The third-order valence-corrected chi connectivity index (χ3v) is 5.66. The van der Waals surface area contributed by atoms with Crippen LogP contribution in [0.3, 0.4) is 0 Å². The first kappa shape index (κ1) is 15.0. The van der Waals surface area contributed by atoms with Crippen molar-refractivity contribution in [2.24, 2.45) is 0 Å². The second-order valence-electron chi connectivity index (χ2n) is 5.34. The van der Waals surface area contributed by atoms with Gasteiger partial charge in [-0.3, -0.25) is 4.79 Å². The first-order valence-corrected chi connectivity index (χ1v) is 8.79. The number of rotatable bonds is 4. The van der Waals surface area contributed by atoms with E-state index in [9.17, 15) is 13.2 Å². The van der Waals surface area contributed by atoms with Gasteiger partial charge in [0.2, 0.25) is 5.91 Å². The molecule has 1 aliphatic rings. The standard InChI is InChI=1S/C15H21NO3S/c1-3-16(14-8-9-20(18,19)11-14)15(17)10-13-7-5-4-6-12(13)2/h4-7,14H,3,8-11H2,1-2H3. The molecule has 0 N–H and O–H groups in total. The molecule has 110 valence electrons. The molecule has 0 spiro atoms. The minimum Gasteiger partial charge on any atom is -0.339 e. The lowest BCUT2D eigenvalue weighted by Gasteiger charge is -2.27. The zero-order valence-electron chi connectivity index (χ0n) is 12.0. The molecule has 1 aliphatic heterocycles. The normalized spacial score (nSPS) is 20.8. The topological polar surface area (TPSA) is 54.5 Å². The van der Waals surface area contributed by atoms with E-state index in [0.717, 1.165) is 11.1 Å². The van der Waals surface area contributed by atoms with Gasteiger partial charge in [0, 0.05) is 12.6 Å². The van der Waals surface area contributed by atoms with Crippen LogP contribution in [0.2, 0.25) is 0 Å². The third kappa shape index (κ3) is 3.39. The van der Waals surface area contributed by atoms with Crippen LogP contribution in [0.5, 0.6) is 0 Å². The van der Waals surface area contributed by atoms with Crippen LogP contribution in [0.1, 0.15) is 24.5 Å². The van der Waals surface area contributed by atoms with Gasteiger partial charge in [-0.25, -0.2) is 8.42 Å². The maximum atomic E-state index is 12.4. The number of sulfone groups is 1. The Morgan fingerprint density at radius 3 is 2.60 bits per heavy atom. The quantitative estimate of drug-likeness (QED) is 0.847. The van der Waals surface area contributed by atoms with E-state index in [-0.39, 0.29) is 23.5 Å². The third-order valence-electron chi connectivity index (χ3n) is 3.91. The molecule has 1 heterocycles. The molecule has 1 aromatic rings. The van der Waals surface area contributed by atoms with Crippen LogP contribution in [-0.4, -0.2) is 43.3 Å². The summed E-state index contributed by atoms with van der Waals surface area (Å²) in [5.41, 5.74) is 2.10. The van der Waals surface area contributed by atoms with Crippen molar-refractivity contribution in [3.63, 3.8) is 0 Å². The predicted octanol–water partition coefficient (Wildman–Crippen LogP) is 1.57. The molecular formula is C15H21NO3S. The molecule has 1 unspecified atom stereocenters. The van der Waals surface area contributed by atoms with E-state index in [1.165, 1.54) is 0 Å². The molecule has 1 atom stereocenters. The van der Waals surface area contributed by atoms with E-state index in [4.69, 9.17) is 0 Å². The van der Waals surface area contributed by atoms with Crippen molar-refractivity contribution in [2.45, 2.75) is 32.7 Å². The number of nitrogens with zero attached hydrogens (tertiary/aromatic N) is 1. The number of benzene rings is 1. The van der Waals surface area contributed by atoms with Gasteiger partial charge in [0.05, 0.1) is 17.9 Å². The highest BCUT2D eigenvalue weighted by Gasteiger charge is 2.33. The van der Waals surface area contributed by atoms with Crippen LogP contribution in [0, 0.1) is 6.92 Å². The number of aryl methyl sites for hydroxylation is 1. The Kier molecular flexibility index (Phi) is 4.48. The second kappa shape index (κ2) is 5.95. The minimum absolute atomic E-state index is 0.0175. The lowest BCUT2D eigenvalue weighted by Crippen LogP contribution is -2.41. The van der Waals surface area contributed by atoms with E-state index in [0.29, 0.717) is 19.4 Å². The zero-order chi connectivity index (χ0) is 14.8. The van der Waals surface area contributed by atoms with Gasteiger partial charge >= 0.3 is 0 Å². The van der Waals surface area contributed by atoms with Gasteiger partial charge in [-0.05, 0) is 31.4 Å². The molecule has 1 saturated heterocycles. The van der Waals surface area contributed by atoms with E-state index in [1.54, 1.807) is 4.90 Å². The highest BCUT2D eigenvalue weighted by atomic mass is 32.2. The summed E-state index contributed by atoms with van der Waals surface area (Å²) in [5.74, 6) is 0.329. The maximum Gasteiger partial charge on any atom is 0.227 e. The van der Waals surface area contributed by atoms with Crippen LogP contribution >= 0.6 is 0 Å². The number of likely N-dealkylation sites (N-methyl/N-ethyl adjacent to an activating group) is 1. The molecule has 20 heavy (non-hydrogen) atoms. The van der Waals surface area contributed by atoms with Crippen molar-refractivity contribution < 1.29 is 13.2 Å². The van der Waals surface area contributed by atoms with Crippen molar-refractivity contribution in [2.75, 3.05) is 18.1 Å². The Morgan fingerprint density at radius 1 is 1.35 bits per heavy atom. The summed E-state index contributed by atoms with van der Waals surface area (Å²) in [4.78, 5) is 14.1. The van der Waals surface area contributed by atoms with Gasteiger partial charge in [-0.15, -0.1) is 0 Å². The van der Waals surface area contributed by atoms with Crippen LogP contribution in [-0.2, 0) is 21.1 Å². The first-order chi connectivity index (χ1) is 9.43. The van der Waals surface area contributed by atoms with Gasteiger partial charge in [-0.1, -0.05) is 24.3 Å². The smallest absolute Gasteiger partial charge is 0.227 e. The van der Waals surface area contributed by atoms with Crippen molar-refractivity contribution in [1.82, 2.24) is 4.90 Å². The van der Waals surface area contributed by atoms with Gasteiger partial charge in [0.25, 0.3) is 0 Å². The van der Waals surface area contributed by atoms with E-state index in [2.05, 4.69) is 0 Å². The van der Waals surface area contributed by atoms with Crippen LogP contribution in [0.15, 0.2) is 24.3 Å². The number of hydrogen-bond donors (Lipinski definition) is 0. The molecule has 0 saturated carbocycles. The lowest BCUT2D eigenvalue weighted by molar-refractivity contribution is -0.132. The zero-order valence-corrected chi connectivity index (χ0v) is 12.8. The Labute approximate surface area is 120 Å². The molecule has 1 amide bonds. The van der Waals surface area contributed by atoms with Gasteiger partial charge in [-0.2, -0.15) is 0 Å². The summed E-state index contributed by atoms with van der Waals surface area (Å²) in [6.07, 6.45) is 0.909. The molecule has 0 aromatic heterocycles. The van der Waals surface area contributed by atoms with Crippen LogP contribution in [0.25, 0.3) is 0 Å². The van der Waals surface area contributed by atoms with E-state index >= 15 is 0 Å². The monoisotopic (exact) mass is 295 g/mol. The molecule has 1 fully saturated rings. The molecule has 0 aliphatic carbocycles. The van der Waals surface area contributed by atoms with Crippen molar-refractivity contribution >= 4 is 15.7 Å². The highest BCUT2D eigenvalue weighted by molar-refractivity contribution is 7.91. The second-order valence-corrected chi connectivity index (χ2v) is 7.57. The molecule has 2 rings (SSSR count). The van der Waals surface area contributed by atoms with E-state index < -0.39 is 9.84 Å². The van der Waals surface area contributed by atoms with Gasteiger partial charge in [0.1, 0.15) is 0 Å². The van der Waals surface area contributed by atoms with Crippen LogP contribution < -0.4 is 0 Å². The van der Waals surface area contributed by atoms with E-state index in [1.807, 2.05) is 38.1 Å². The first-order valence-electron chi connectivity index (χ1n) is 6.97. The summed E-state index contributed by atoms with van der Waals surface area (Å²) in [6, 6.07) is 7.66. The Hall–Kier alpha value is -1.36. The van der Waals surface area contributed by atoms with Gasteiger partial charge < -0.3 is 4.90 Å². The number of carbonyl (C=O) groups excluding carboxylic acids is 1. The fourth-order valence-corrected chi connectivity index (χ4v) is 4.46. The lowest BCUT2D eigenvalue weighted by atomic mass is 10.0. The minimum atomic E-state index is -2.96. The predicted molar refractivity (Wildman–Crippen MR) is 79.3 cm³/mol. The summed E-state index contributed by atoms with van der Waals surface area (Å²) in [7, 11) is -2.96. The summed E-state index contributed by atoms with van der Waals surface area (Å²) < 4.78 is 23.1. The SMILES string of the molecule is CCN(C(=O)Cc1ccccc1C)C1CCS(=O)(=O)C1. The molecule has 0 bridgehead atoms. The molecule has 4 nitrogen and oxygen atoms in total. The fraction of sp³-hybridized carbons (Fsp3) is 0.533. The largest absolute Gasteiger partial charge is 0.339 e. The highest BCUT2D eigenvalue weighted by Crippen LogP contribution is 2.19. The number of amides is 1. The summed E-state index contributed by atoms with van der Waals surface area (Å²) in [5, 5.41) is 0. The molecule has 0 radical (unpaired) electrons. The summed E-state index contributed by atoms with van der Waals surface area (Å²) >= 11 is 0. The number of hydrogen-bond acceptors (Lipinski definition) is 3. The summed E-state index contributed by atoms with van der Waals surface area (Å²) in [6.45, 7) is 4.45. The van der Waals surface area contributed by atoms with Crippen molar-refractivity contribution in [3.05, 3.63) is 35.4 Å². The van der Waals surface area contributed by atoms with Gasteiger partial charge in [0.15, 0.2) is 9.84 Å².